The molecule has 0 unspecified atom stereocenters. The Morgan fingerprint density at radius 2 is 0.839 bits per heavy atom. The monoisotopic (exact) mass is 844 g/mol. The molecule has 0 fully saturated rings. The first-order chi connectivity index (χ1) is 29.4. The largest absolute Gasteiger partial charge is 0.491 e. The van der Waals surface area contributed by atoms with Crippen molar-refractivity contribution in [2.75, 3.05) is 7.11 Å². The predicted octanol–water partition coefficient (Wildman–Crippen LogP) is 16.7. The van der Waals surface area contributed by atoms with Crippen molar-refractivity contribution in [3.63, 3.8) is 0 Å². The minimum Gasteiger partial charge on any atom is -0.491 e. The molecule has 4 nitrogen and oxygen atoms in total. The Hall–Kier alpha value is -4.70. The van der Waals surface area contributed by atoms with Gasteiger partial charge in [0.25, 0.3) is 0 Å². The number of carbonyl (C=O) groups is 2. The normalized spacial score (nSPS) is 16.2. The predicted molar refractivity (Wildman–Crippen MR) is 272 cm³/mol. The summed E-state index contributed by atoms with van der Waals surface area (Å²) in [6.07, 6.45) is 47.4. The Kier molecular flexibility index (Phi) is 28.6. The van der Waals surface area contributed by atoms with Crippen molar-refractivity contribution in [3.8, 4) is 0 Å². The van der Waals surface area contributed by atoms with Crippen molar-refractivity contribution in [3.05, 3.63) is 163 Å². The van der Waals surface area contributed by atoms with E-state index in [1.807, 2.05) is 6.08 Å². The molecule has 2 N–H and O–H groups in total. The molecule has 0 aromatic rings. The zero-order valence-electron chi connectivity index (χ0n) is 41.5. The number of hydrogen-bond donors (Lipinski definition) is 1. The molecule has 0 spiro atoms. The topological polar surface area (TPSA) is 69.4 Å². The van der Waals surface area contributed by atoms with Crippen molar-refractivity contribution in [2.24, 2.45) is 5.73 Å². The highest BCUT2D eigenvalue weighted by Gasteiger charge is 2.31. The standard InChI is InChI=1S/C58H85NO3/c1-43(2)23-14-24-44(3)25-15-26-45(4)27-16-28-46(5)29-17-30-47(6)31-18-32-48(7)33-19-34-49(8)35-20-36-50(9)37-21-38-51(10)39-22-40-52(11)41-42-54-53(12)56(60)55(59)58(62-13)57(54)61/h20-21,23,25,27,29,31,33,35-39,41H,14-19,22,24,26,28,30,32,34,40,42,59H2,1-13H3/b36-20+,38-21+,44-25+,45-27+,46-29+,47-31+,48-33+,49-35+,50-37+,51-39+,52-41+. The lowest BCUT2D eigenvalue weighted by Gasteiger charge is -2.18. The molecule has 0 atom stereocenters. The molecule has 0 saturated heterocycles. The van der Waals surface area contributed by atoms with Gasteiger partial charge in [-0.1, -0.05) is 141 Å². The fourth-order valence-electron chi connectivity index (χ4n) is 6.98. The van der Waals surface area contributed by atoms with Gasteiger partial charge in [0, 0.05) is 11.1 Å². The smallest absolute Gasteiger partial charge is 0.226 e. The minimum absolute atomic E-state index is 0.0532. The molecular formula is C58H85NO3. The quantitative estimate of drug-likeness (QED) is 0.0484. The zero-order valence-corrected chi connectivity index (χ0v) is 41.5. The number of hydrogen-bond acceptors (Lipinski definition) is 4. The maximum atomic E-state index is 12.7. The molecule has 0 bridgehead atoms. The van der Waals surface area contributed by atoms with Crippen LogP contribution in [0.4, 0.5) is 0 Å². The van der Waals surface area contributed by atoms with E-state index in [-0.39, 0.29) is 23.0 Å². The third-order valence-electron chi connectivity index (χ3n) is 11.3. The second-order valence-corrected chi connectivity index (χ2v) is 17.9. The Bertz CT molecular complexity index is 1920. The fourth-order valence-corrected chi connectivity index (χ4v) is 6.98. The van der Waals surface area contributed by atoms with Crippen LogP contribution in [0.25, 0.3) is 0 Å². The van der Waals surface area contributed by atoms with E-state index in [2.05, 4.69) is 155 Å². The summed E-state index contributed by atoms with van der Waals surface area (Å²) < 4.78 is 5.10. The van der Waals surface area contributed by atoms with Crippen molar-refractivity contribution in [1.29, 1.82) is 0 Å². The summed E-state index contributed by atoms with van der Waals surface area (Å²) in [5.41, 5.74) is 20.4. The van der Waals surface area contributed by atoms with Crippen molar-refractivity contribution < 1.29 is 14.3 Å². The number of carbonyl (C=O) groups excluding carboxylic acids is 2. The number of ketones is 2. The average Bonchev–Trinajstić information content (AvgIpc) is 3.20. The van der Waals surface area contributed by atoms with Gasteiger partial charge in [0.05, 0.1) is 7.11 Å². The lowest BCUT2D eigenvalue weighted by molar-refractivity contribution is -0.118. The molecular weight excluding hydrogens is 759 g/mol. The molecule has 0 aliphatic heterocycles. The van der Waals surface area contributed by atoms with Crippen LogP contribution in [0.5, 0.6) is 0 Å². The van der Waals surface area contributed by atoms with Crippen LogP contribution in [0.15, 0.2) is 163 Å². The molecule has 1 aliphatic carbocycles. The molecule has 0 saturated carbocycles. The number of ether oxygens (including phenoxy) is 1. The number of nitrogens with two attached hydrogens (primary N) is 1. The van der Waals surface area contributed by atoms with Gasteiger partial charge in [-0.25, -0.2) is 0 Å². The molecule has 0 aromatic carbocycles. The van der Waals surface area contributed by atoms with Crippen molar-refractivity contribution >= 4 is 11.6 Å². The average molecular weight is 844 g/mol. The van der Waals surface area contributed by atoms with Crippen LogP contribution in [-0.4, -0.2) is 18.7 Å². The Labute approximate surface area is 380 Å². The van der Waals surface area contributed by atoms with Crippen LogP contribution in [0.2, 0.25) is 0 Å². The van der Waals surface area contributed by atoms with E-state index in [0.717, 1.165) is 77.0 Å². The highest BCUT2D eigenvalue weighted by Crippen LogP contribution is 2.26. The number of rotatable bonds is 28. The molecule has 62 heavy (non-hydrogen) atoms. The number of Topliss-reactive ketones (excluding diaryl/α,β-unsaturated/α-hetero) is 2. The van der Waals surface area contributed by atoms with E-state index in [1.54, 1.807) is 6.92 Å². The fraction of sp³-hybridized carbons (Fsp3) is 0.483. The van der Waals surface area contributed by atoms with Gasteiger partial charge in [0.1, 0.15) is 5.70 Å². The van der Waals surface area contributed by atoms with Crippen LogP contribution < -0.4 is 5.73 Å². The Morgan fingerprint density at radius 3 is 1.27 bits per heavy atom. The number of methoxy groups -OCH3 is 1. The Balaban J connectivity index is 2.38. The maximum absolute atomic E-state index is 12.7. The highest BCUT2D eigenvalue weighted by molar-refractivity contribution is 6.23. The SMILES string of the molecule is COC1=C(N)C(=O)C(C)=C(C/C=C(\C)CC/C=C(C)/C=C/C=C(C)/C=C/C=C(\C)CC/C=C(\C)CC/C=C(\C)CC/C=C(\C)CC/C=C(\C)CC/C=C(\C)CCC=C(C)C)C1=O. The van der Waals surface area contributed by atoms with E-state index in [1.165, 1.54) is 75.7 Å². The van der Waals surface area contributed by atoms with E-state index < -0.39 is 0 Å². The summed E-state index contributed by atoms with van der Waals surface area (Å²) in [6, 6.07) is 0. The van der Waals surface area contributed by atoms with E-state index in [9.17, 15) is 9.59 Å². The van der Waals surface area contributed by atoms with Crippen molar-refractivity contribution in [1.82, 2.24) is 0 Å². The van der Waals surface area contributed by atoms with Gasteiger partial charge < -0.3 is 10.5 Å². The van der Waals surface area contributed by atoms with Crippen molar-refractivity contribution in [2.45, 2.75) is 179 Å². The lowest BCUT2D eigenvalue weighted by atomic mass is 9.90. The van der Waals surface area contributed by atoms with Gasteiger partial charge in [-0.05, 0) is 179 Å². The molecule has 0 aromatic heterocycles. The molecule has 340 valence electrons. The van der Waals surface area contributed by atoms with Crippen LogP contribution in [-0.2, 0) is 14.3 Å². The first kappa shape index (κ1) is 55.3. The first-order valence-corrected chi connectivity index (χ1v) is 23.2. The third kappa shape index (κ3) is 25.3. The summed E-state index contributed by atoms with van der Waals surface area (Å²) in [5, 5.41) is 0. The van der Waals surface area contributed by atoms with Crippen LogP contribution >= 0.6 is 0 Å². The Morgan fingerprint density at radius 1 is 0.468 bits per heavy atom. The molecule has 0 amide bonds. The molecule has 0 heterocycles. The number of allylic oxidation sites excluding steroid dienone is 26. The molecule has 1 rings (SSSR count). The summed E-state index contributed by atoms with van der Waals surface area (Å²) >= 11 is 0. The summed E-state index contributed by atoms with van der Waals surface area (Å²) in [6.45, 7) is 25.9. The lowest BCUT2D eigenvalue weighted by Crippen LogP contribution is -2.28. The van der Waals surface area contributed by atoms with Gasteiger partial charge in [0.15, 0.2) is 5.76 Å². The van der Waals surface area contributed by atoms with Crippen LogP contribution in [0.3, 0.4) is 0 Å². The van der Waals surface area contributed by atoms with E-state index in [4.69, 9.17) is 10.5 Å². The van der Waals surface area contributed by atoms with E-state index in [0.29, 0.717) is 17.6 Å². The summed E-state index contributed by atoms with van der Waals surface area (Å²) in [4.78, 5) is 25.1. The maximum Gasteiger partial charge on any atom is 0.226 e. The minimum atomic E-state index is -0.330. The van der Waals surface area contributed by atoms with Gasteiger partial charge >= 0.3 is 0 Å². The van der Waals surface area contributed by atoms with Gasteiger partial charge in [-0.2, -0.15) is 0 Å². The van der Waals surface area contributed by atoms with Gasteiger partial charge in [-0.15, -0.1) is 0 Å². The van der Waals surface area contributed by atoms with Gasteiger partial charge in [0.2, 0.25) is 11.6 Å². The second-order valence-electron chi connectivity index (χ2n) is 17.9. The van der Waals surface area contributed by atoms with E-state index >= 15 is 0 Å². The third-order valence-corrected chi connectivity index (χ3v) is 11.3. The van der Waals surface area contributed by atoms with Crippen LogP contribution in [0.1, 0.15) is 179 Å². The summed E-state index contributed by atoms with van der Waals surface area (Å²) in [7, 11) is 1.36. The summed E-state index contributed by atoms with van der Waals surface area (Å²) in [5.74, 6) is -0.684. The first-order valence-electron chi connectivity index (χ1n) is 23.2. The molecule has 1 aliphatic rings. The van der Waals surface area contributed by atoms with Gasteiger partial charge in [-0.3, -0.25) is 9.59 Å². The second kappa shape index (κ2) is 32.0. The molecule has 0 radical (unpaired) electrons. The molecule has 4 heteroatoms. The van der Waals surface area contributed by atoms with Crippen LogP contribution in [0, 0.1) is 0 Å². The zero-order chi connectivity index (χ0) is 46.5. The highest BCUT2D eigenvalue weighted by atomic mass is 16.5.